The first-order chi connectivity index (χ1) is 22.6. The van der Waals surface area contributed by atoms with E-state index >= 15 is 0 Å². The number of likely N-dealkylation sites (N-methyl/N-ethyl adjacent to an activating group) is 1. The number of carbonyl (C=O) groups excluding carboxylic acids is 2. The van der Waals surface area contributed by atoms with E-state index in [1.165, 1.54) is 0 Å². The Morgan fingerprint density at radius 1 is 0.957 bits per heavy atom. The Balaban J connectivity index is 1.11. The molecule has 242 valence electrons. The molecule has 0 unspecified atom stereocenters. The summed E-state index contributed by atoms with van der Waals surface area (Å²) in [7, 11) is 0. The standard InChI is InChI=1S/C36H37ClN6O4/c1-4-42-12-14-43(15-13-42)20-24-9-8-23(16-30(24)37)34(44)40-26-7-5-6-25(17-26)39-27-10-11-28-29(35(45)41-32(28)18-27)19-31-21(2)33(36(46)47)22(3)38-31/h5-11,16-19,38-39H,4,12-15,20H2,1-3H3,(H,40,44)(H,41,45)(H,46,47). The lowest BCUT2D eigenvalue weighted by Crippen LogP contribution is -2.45. The van der Waals surface area contributed by atoms with Crippen molar-refractivity contribution in [1.29, 1.82) is 0 Å². The summed E-state index contributed by atoms with van der Waals surface area (Å²) >= 11 is 6.61. The van der Waals surface area contributed by atoms with Gasteiger partial charge >= 0.3 is 5.97 Å². The Hall–Kier alpha value is -4.90. The molecule has 0 aliphatic carbocycles. The zero-order chi connectivity index (χ0) is 33.2. The molecular weight excluding hydrogens is 616 g/mol. The molecule has 0 spiro atoms. The number of hydrogen-bond donors (Lipinski definition) is 5. The van der Waals surface area contributed by atoms with E-state index in [4.69, 9.17) is 11.6 Å². The Labute approximate surface area is 278 Å². The zero-order valence-corrected chi connectivity index (χ0v) is 27.3. The molecule has 6 rings (SSSR count). The van der Waals surface area contributed by atoms with Crippen molar-refractivity contribution in [3.63, 3.8) is 0 Å². The minimum Gasteiger partial charge on any atom is -0.478 e. The zero-order valence-electron chi connectivity index (χ0n) is 26.5. The van der Waals surface area contributed by atoms with Gasteiger partial charge in [-0.1, -0.05) is 36.7 Å². The van der Waals surface area contributed by atoms with E-state index in [-0.39, 0.29) is 17.4 Å². The van der Waals surface area contributed by atoms with Crippen molar-refractivity contribution in [3.05, 3.63) is 105 Å². The number of H-pyrrole nitrogens is 1. The van der Waals surface area contributed by atoms with Gasteiger partial charge in [-0.15, -0.1) is 0 Å². The fourth-order valence-electron chi connectivity index (χ4n) is 6.17. The largest absolute Gasteiger partial charge is 0.478 e. The molecule has 4 aromatic rings. The minimum atomic E-state index is -1.01. The van der Waals surface area contributed by atoms with Gasteiger partial charge in [-0.25, -0.2) is 4.79 Å². The van der Waals surface area contributed by atoms with E-state index in [1.54, 1.807) is 26.0 Å². The Kier molecular flexibility index (Phi) is 9.17. The van der Waals surface area contributed by atoms with Crippen LogP contribution in [0.5, 0.6) is 0 Å². The molecule has 10 nitrogen and oxygen atoms in total. The molecule has 11 heteroatoms. The van der Waals surface area contributed by atoms with Gasteiger partial charge in [-0.05, 0) is 80.1 Å². The van der Waals surface area contributed by atoms with Crippen LogP contribution in [0, 0.1) is 13.8 Å². The number of carboxylic acids is 1. The normalized spacial score (nSPS) is 15.8. The molecule has 3 aromatic carbocycles. The summed E-state index contributed by atoms with van der Waals surface area (Å²) < 4.78 is 0. The van der Waals surface area contributed by atoms with Gasteiger partial charge in [-0.2, -0.15) is 0 Å². The maximum absolute atomic E-state index is 13.1. The number of benzene rings is 3. The van der Waals surface area contributed by atoms with Crippen LogP contribution in [0.1, 0.15) is 55.7 Å². The molecule has 1 aromatic heterocycles. The van der Waals surface area contributed by atoms with Crippen LogP contribution in [0.4, 0.5) is 22.7 Å². The molecule has 1 fully saturated rings. The number of rotatable bonds is 9. The third-order valence-electron chi connectivity index (χ3n) is 8.81. The van der Waals surface area contributed by atoms with Gasteiger partial charge in [0, 0.05) is 77.3 Å². The Bertz CT molecular complexity index is 1910. The number of fused-ring (bicyclic) bond motifs is 1. The van der Waals surface area contributed by atoms with Crippen LogP contribution < -0.4 is 16.0 Å². The molecule has 2 amide bonds. The van der Waals surface area contributed by atoms with Gasteiger partial charge in [0.15, 0.2) is 0 Å². The summed E-state index contributed by atoms with van der Waals surface area (Å²) in [6.07, 6.45) is 1.69. The number of anilines is 4. The number of aromatic amines is 1. The van der Waals surface area contributed by atoms with Crippen LogP contribution in [-0.4, -0.2) is 70.4 Å². The van der Waals surface area contributed by atoms with Crippen LogP contribution in [-0.2, 0) is 11.3 Å². The van der Waals surface area contributed by atoms with Gasteiger partial charge in [-0.3, -0.25) is 14.5 Å². The number of aromatic nitrogens is 1. The highest BCUT2D eigenvalue weighted by Crippen LogP contribution is 2.36. The van der Waals surface area contributed by atoms with Crippen molar-refractivity contribution in [3.8, 4) is 0 Å². The number of piperazine rings is 1. The predicted octanol–water partition coefficient (Wildman–Crippen LogP) is 6.61. The number of hydrogen-bond acceptors (Lipinski definition) is 6. The Morgan fingerprint density at radius 2 is 1.68 bits per heavy atom. The van der Waals surface area contributed by atoms with Gasteiger partial charge < -0.3 is 30.9 Å². The molecule has 0 bridgehead atoms. The van der Waals surface area contributed by atoms with Gasteiger partial charge in [0.05, 0.1) is 16.8 Å². The molecule has 2 aliphatic rings. The molecular formula is C36H37ClN6O4. The molecule has 1 saturated heterocycles. The fraction of sp³-hybridized carbons (Fsp3) is 0.250. The summed E-state index contributed by atoms with van der Waals surface area (Å²) in [5, 5.41) is 19.3. The number of carbonyl (C=O) groups is 3. The van der Waals surface area contributed by atoms with Crippen LogP contribution >= 0.6 is 11.6 Å². The van der Waals surface area contributed by atoms with Crippen molar-refractivity contribution in [1.82, 2.24) is 14.8 Å². The lowest BCUT2D eigenvalue weighted by Gasteiger charge is -2.34. The highest BCUT2D eigenvalue weighted by atomic mass is 35.5. The first kappa shape index (κ1) is 32.1. The maximum Gasteiger partial charge on any atom is 0.337 e. The summed E-state index contributed by atoms with van der Waals surface area (Å²) in [5.74, 6) is -1.54. The highest BCUT2D eigenvalue weighted by molar-refractivity contribution is 6.35. The average Bonchev–Trinajstić information content (AvgIpc) is 3.51. The van der Waals surface area contributed by atoms with Gasteiger partial charge in [0.1, 0.15) is 0 Å². The summed E-state index contributed by atoms with van der Waals surface area (Å²) in [4.78, 5) is 45.5. The number of amides is 2. The van der Waals surface area contributed by atoms with Crippen molar-refractivity contribution >= 4 is 63.8 Å². The van der Waals surface area contributed by atoms with Gasteiger partial charge in [0.25, 0.3) is 11.8 Å². The average molecular weight is 653 g/mol. The Morgan fingerprint density at radius 3 is 2.38 bits per heavy atom. The summed E-state index contributed by atoms with van der Waals surface area (Å²) in [5.41, 5.74) is 7.30. The van der Waals surface area contributed by atoms with E-state index in [9.17, 15) is 19.5 Å². The first-order valence-electron chi connectivity index (χ1n) is 15.6. The van der Waals surface area contributed by atoms with Crippen molar-refractivity contribution in [2.24, 2.45) is 0 Å². The second kappa shape index (κ2) is 13.4. The van der Waals surface area contributed by atoms with Crippen LogP contribution in [0.3, 0.4) is 0 Å². The lowest BCUT2D eigenvalue weighted by molar-refractivity contribution is -0.110. The first-order valence-corrected chi connectivity index (χ1v) is 16.0. The molecule has 2 aliphatic heterocycles. The topological polar surface area (TPSA) is 130 Å². The fourth-order valence-corrected chi connectivity index (χ4v) is 6.41. The van der Waals surface area contributed by atoms with Crippen LogP contribution in [0.25, 0.3) is 11.6 Å². The second-order valence-corrected chi connectivity index (χ2v) is 12.3. The lowest BCUT2D eigenvalue weighted by atomic mass is 10.0. The second-order valence-electron chi connectivity index (χ2n) is 11.9. The monoisotopic (exact) mass is 652 g/mol. The number of nitrogens with zero attached hydrogens (tertiary/aromatic N) is 2. The minimum absolute atomic E-state index is 0.210. The number of aryl methyl sites for hydroxylation is 1. The summed E-state index contributed by atoms with van der Waals surface area (Å²) in [6.45, 7) is 11.5. The van der Waals surface area contributed by atoms with Crippen LogP contribution in [0.2, 0.25) is 5.02 Å². The molecule has 3 heterocycles. The van der Waals surface area contributed by atoms with E-state index in [2.05, 4.69) is 37.7 Å². The highest BCUT2D eigenvalue weighted by Gasteiger charge is 2.26. The van der Waals surface area contributed by atoms with E-state index in [0.29, 0.717) is 50.0 Å². The van der Waals surface area contributed by atoms with Crippen LogP contribution in [0.15, 0.2) is 60.7 Å². The summed E-state index contributed by atoms with van der Waals surface area (Å²) in [6, 6.07) is 18.4. The van der Waals surface area contributed by atoms with Crippen molar-refractivity contribution in [2.75, 3.05) is 48.7 Å². The number of nitrogens with one attached hydrogen (secondary N) is 4. The number of carboxylic acid groups (broad SMARTS) is 1. The molecule has 0 atom stereocenters. The SMILES string of the molecule is CCN1CCN(Cc2ccc(C(=O)Nc3cccc(Nc4ccc5c(c4)NC(=O)C5=Cc4[nH]c(C)c(C(=O)O)c4C)c3)cc2Cl)CC1. The van der Waals surface area contributed by atoms with E-state index in [0.717, 1.165) is 56.2 Å². The van der Waals surface area contributed by atoms with Crippen molar-refractivity contribution in [2.45, 2.75) is 27.3 Å². The maximum atomic E-state index is 13.1. The molecule has 0 saturated carbocycles. The number of aromatic carboxylic acids is 1. The quantitative estimate of drug-likeness (QED) is 0.129. The molecule has 47 heavy (non-hydrogen) atoms. The molecule has 5 N–H and O–H groups in total. The number of halogens is 1. The van der Waals surface area contributed by atoms with E-state index in [1.807, 2.05) is 54.6 Å². The van der Waals surface area contributed by atoms with Crippen molar-refractivity contribution < 1.29 is 19.5 Å². The molecule has 0 radical (unpaired) electrons. The van der Waals surface area contributed by atoms with Gasteiger partial charge in [0.2, 0.25) is 0 Å². The van der Waals surface area contributed by atoms with E-state index < -0.39 is 5.97 Å². The third kappa shape index (κ3) is 6.95. The predicted molar refractivity (Wildman–Crippen MR) is 187 cm³/mol. The smallest absolute Gasteiger partial charge is 0.337 e. The third-order valence-corrected chi connectivity index (χ3v) is 9.16.